The summed E-state index contributed by atoms with van der Waals surface area (Å²) < 4.78 is 0. The zero-order chi connectivity index (χ0) is 8.73. The van der Waals surface area contributed by atoms with Gasteiger partial charge in [-0.1, -0.05) is 12.1 Å². The van der Waals surface area contributed by atoms with Crippen LogP contribution >= 0.6 is 23.5 Å². The average molecular weight is 208 g/mol. The van der Waals surface area contributed by atoms with Crippen LogP contribution < -0.4 is 0 Å². The van der Waals surface area contributed by atoms with E-state index < -0.39 is 0 Å². The number of hydrogen-bond acceptors (Lipinski definition) is 2. The molecule has 0 radical (unpaired) electrons. The van der Waals surface area contributed by atoms with Crippen LogP contribution in [-0.2, 0) is 0 Å². The monoisotopic (exact) mass is 208 g/mol. The Balaban J connectivity index is 1.92. The predicted molar refractivity (Wildman–Crippen MR) is 59.6 cm³/mol. The molecule has 0 aromatic heterocycles. The van der Waals surface area contributed by atoms with Crippen LogP contribution in [0.1, 0.15) is 12.8 Å². The Labute approximate surface area is 87.5 Å². The van der Waals surface area contributed by atoms with Crippen LogP contribution in [-0.4, -0.2) is 11.5 Å². The first-order chi connectivity index (χ1) is 6.38. The molecule has 1 aliphatic heterocycles. The number of hydrogen-bond donors (Lipinski definition) is 0. The fourth-order valence-electron chi connectivity index (χ4n) is 1.66. The first-order valence-electron chi connectivity index (χ1n) is 4.73. The van der Waals surface area contributed by atoms with Crippen molar-refractivity contribution in [2.75, 3.05) is 11.5 Å². The van der Waals surface area contributed by atoms with Crippen LogP contribution in [0, 0.1) is 5.41 Å². The van der Waals surface area contributed by atoms with Crippen molar-refractivity contribution in [1.82, 2.24) is 0 Å². The minimum absolute atomic E-state index is 0.717. The van der Waals surface area contributed by atoms with Gasteiger partial charge < -0.3 is 0 Å². The van der Waals surface area contributed by atoms with Gasteiger partial charge in [0.1, 0.15) is 0 Å². The maximum Gasteiger partial charge on any atom is 0.0208 e. The van der Waals surface area contributed by atoms with Crippen LogP contribution in [0.15, 0.2) is 34.1 Å². The third-order valence-corrected chi connectivity index (χ3v) is 5.85. The van der Waals surface area contributed by atoms with Crippen molar-refractivity contribution in [3.8, 4) is 0 Å². The highest BCUT2D eigenvalue weighted by atomic mass is 32.2. The van der Waals surface area contributed by atoms with Gasteiger partial charge in [0.15, 0.2) is 0 Å². The van der Waals surface area contributed by atoms with Gasteiger partial charge in [-0.15, -0.1) is 23.5 Å². The lowest BCUT2D eigenvalue weighted by molar-refractivity contribution is 0.683. The van der Waals surface area contributed by atoms with E-state index in [0.29, 0.717) is 5.41 Å². The van der Waals surface area contributed by atoms with E-state index in [0.717, 1.165) is 0 Å². The molecule has 1 fully saturated rings. The van der Waals surface area contributed by atoms with Gasteiger partial charge in [0, 0.05) is 21.3 Å². The molecule has 0 bridgehead atoms. The lowest BCUT2D eigenvalue weighted by Gasteiger charge is -2.07. The molecule has 0 amide bonds. The van der Waals surface area contributed by atoms with Gasteiger partial charge in [-0.3, -0.25) is 0 Å². The van der Waals surface area contributed by atoms with Crippen molar-refractivity contribution in [2.24, 2.45) is 5.41 Å². The smallest absolute Gasteiger partial charge is 0.0208 e. The van der Waals surface area contributed by atoms with E-state index in [2.05, 4.69) is 47.8 Å². The van der Waals surface area contributed by atoms with Crippen LogP contribution in [0.25, 0.3) is 0 Å². The number of fused-ring (bicyclic) bond motifs is 1. The third kappa shape index (κ3) is 1.50. The Hall–Kier alpha value is -0.0800. The molecule has 1 aromatic carbocycles. The number of benzene rings is 1. The molecule has 1 saturated carbocycles. The summed E-state index contributed by atoms with van der Waals surface area (Å²) >= 11 is 4.12. The lowest BCUT2D eigenvalue weighted by Crippen LogP contribution is -2.04. The molecule has 0 saturated heterocycles. The van der Waals surface area contributed by atoms with Crippen molar-refractivity contribution < 1.29 is 0 Å². The Morgan fingerprint density at radius 1 is 0.923 bits per heavy atom. The fraction of sp³-hybridized carbons (Fsp3) is 0.455. The highest BCUT2D eigenvalue weighted by Gasteiger charge is 2.43. The molecule has 0 nitrogen and oxygen atoms in total. The molecule has 0 unspecified atom stereocenters. The zero-order valence-electron chi connectivity index (χ0n) is 7.45. The van der Waals surface area contributed by atoms with Crippen LogP contribution in [0.3, 0.4) is 0 Å². The highest BCUT2D eigenvalue weighted by molar-refractivity contribution is 8.03. The Kier molecular flexibility index (Phi) is 1.88. The first kappa shape index (κ1) is 8.25. The summed E-state index contributed by atoms with van der Waals surface area (Å²) in [5, 5.41) is 0. The van der Waals surface area contributed by atoms with E-state index in [1.807, 2.05) is 0 Å². The molecular formula is C11H12S2. The molecule has 0 atom stereocenters. The third-order valence-electron chi connectivity index (χ3n) is 2.87. The van der Waals surface area contributed by atoms with E-state index in [1.165, 1.54) is 34.1 Å². The summed E-state index contributed by atoms with van der Waals surface area (Å²) in [6.07, 6.45) is 2.92. The van der Waals surface area contributed by atoms with Crippen molar-refractivity contribution in [1.29, 1.82) is 0 Å². The van der Waals surface area contributed by atoms with Crippen LogP contribution in [0.4, 0.5) is 0 Å². The Morgan fingerprint density at radius 3 is 1.92 bits per heavy atom. The predicted octanol–water partition coefficient (Wildman–Crippen LogP) is 3.66. The standard InChI is InChI=1S/C11H12S2/c1-2-4-10-9(3-1)12-7-11(5-6-11)8-13-10/h1-4H,5-8H2. The van der Waals surface area contributed by atoms with E-state index in [9.17, 15) is 0 Å². The molecule has 13 heavy (non-hydrogen) atoms. The minimum atomic E-state index is 0.717. The fourth-order valence-corrected chi connectivity index (χ4v) is 4.62. The highest BCUT2D eigenvalue weighted by Crippen LogP contribution is 2.55. The average Bonchev–Trinajstić information content (AvgIpc) is 2.96. The van der Waals surface area contributed by atoms with Gasteiger partial charge >= 0.3 is 0 Å². The summed E-state index contributed by atoms with van der Waals surface area (Å²) in [5.41, 5.74) is 0.717. The molecule has 3 rings (SSSR count). The molecule has 1 heterocycles. The molecule has 1 aliphatic carbocycles. The Morgan fingerprint density at radius 2 is 1.46 bits per heavy atom. The maximum atomic E-state index is 2.26. The summed E-state index contributed by atoms with van der Waals surface area (Å²) in [5.74, 6) is 2.69. The molecule has 2 heteroatoms. The van der Waals surface area contributed by atoms with E-state index in [1.54, 1.807) is 0 Å². The van der Waals surface area contributed by atoms with E-state index in [-0.39, 0.29) is 0 Å². The number of thioether (sulfide) groups is 2. The molecule has 1 aromatic rings. The van der Waals surface area contributed by atoms with Crippen molar-refractivity contribution in [3.63, 3.8) is 0 Å². The van der Waals surface area contributed by atoms with Crippen molar-refractivity contribution in [2.45, 2.75) is 22.6 Å². The normalized spacial score (nSPS) is 23.7. The minimum Gasteiger partial charge on any atom is -0.124 e. The van der Waals surface area contributed by atoms with Gasteiger partial charge in [-0.25, -0.2) is 0 Å². The maximum absolute atomic E-state index is 2.26. The largest absolute Gasteiger partial charge is 0.124 e. The van der Waals surface area contributed by atoms with E-state index in [4.69, 9.17) is 0 Å². The van der Waals surface area contributed by atoms with Gasteiger partial charge in [-0.2, -0.15) is 0 Å². The second-order valence-electron chi connectivity index (χ2n) is 4.02. The quantitative estimate of drug-likeness (QED) is 0.638. The number of rotatable bonds is 0. The van der Waals surface area contributed by atoms with Gasteiger partial charge in [-0.05, 0) is 30.4 Å². The topological polar surface area (TPSA) is 0 Å². The second-order valence-corrected chi connectivity index (χ2v) is 6.06. The summed E-state index contributed by atoms with van der Waals surface area (Å²) in [4.78, 5) is 2.99. The molecule has 68 valence electrons. The summed E-state index contributed by atoms with van der Waals surface area (Å²) in [7, 11) is 0. The molecular weight excluding hydrogens is 196 g/mol. The van der Waals surface area contributed by atoms with Crippen molar-refractivity contribution in [3.05, 3.63) is 24.3 Å². The van der Waals surface area contributed by atoms with Gasteiger partial charge in [0.05, 0.1) is 0 Å². The lowest BCUT2D eigenvalue weighted by atomic mass is 10.2. The summed E-state index contributed by atoms with van der Waals surface area (Å²) in [6.45, 7) is 0. The van der Waals surface area contributed by atoms with E-state index >= 15 is 0 Å². The van der Waals surface area contributed by atoms with Gasteiger partial charge in [0.25, 0.3) is 0 Å². The second kappa shape index (κ2) is 2.96. The van der Waals surface area contributed by atoms with Crippen LogP contribution in [0.5, 0.6) is 0 Å². The molecule has 1 spiro atoms. The van der Waals surface area contributed by atoms with Gasteiger partial charge in [0.2, 0.25) is 0 Å². The molecule has 0 N–H and O–H groups in total. The SMILES string of the molecule is c1ccc2c(c1)SCC1(CC1)CS2. The Bertz CT molecular complexity index is 300. The van der Waals surface area contributed by atoms with Crippen molar-refractivity contribution >= 4 is 23.5 Å². The summed E-state index contributed by atoms with van der Waals surface area (Å²) in [6, 6.07) is 8.82. The molecule has 2 aliphatic rings. The zero-order valence-corrected chi connectivity index (χ0v) is 9.09. The first-order valence-corrected chi connectivity index (χ1v) is 6.70. The van der Waals surface area contributed by atoms with Crippen LogP contribution in [0.2, 0.25) is 0 Å².